The molecule has 0 bridgehead atoms. The molecule has 0 radical (unpaired) electrons. The molecule has 2 N–H and O–H groups in total. The quantitative estimate of drug-likeness (QED) is 0.807. The van der Waals surface area contributed by atoms with Gasteiger partial charge in [0.1, 0.15) is 6.33 Å². The van der Waals surface area contributed by atoms with Crippen molar-refractivity contribution < 1.29 is 13.2 Å². The van der Waals surface area contributed by atoms with Crippen LogP contribution in [-0.2, 0) is 10.0 Å². The van der Waals surface area contributed by atoms with Gasteiger partial charge in [0.05, 0.1) is 16.6 Å². The van der Waals surface area contributed by atoms with Gasteiger partial charge in [0, 0.05) is 17.8 Å². The number of rotatable bonds is 6. The second kappa shape index (κ2) is 7.92. The van der Waals surface area contributed by atoms with Crippen molar-refractivity contribution >= 4 is 15.9 Å². The molecule has 1 aliphatic carbocycles. The minimum atomic E-state index is -3.78. The third kappa shape index (κ3) is 4.44. The molecule has 1 fully saturated rings. The molecule has 8 heteroatoms. The van der Waals surface area contributed by atoms with Gasteiger partial charge < -0.3 is 5.32 Å². The monoisotopic (exact) mass is 374 g/mol. The zero-order chi connectivity index (χ0) is 18.6. The standard InChI is InChI=1S/C18H22N4O3S/c1-13(17-9-10-19-12-20-17)22-26(24,25)16-8-4-5-14(11-16)18(23)21-15-6-2-3-7-15/h4-5,8-13,15,22H,2-3,6-7H2,1H3,(H,21,23). The molecular weight excluding hydrogens is 352 g/mol. The summed E-state index contributed by atoms with van der Waals surface area (Å²) in [6.07, 6.45) is 7.10. The molecule has 1 atom stereocenters. The van der Waals surface area contributed by atoms with Crippen molar-refractivity contribution in [3.8, 4) is 0 Å². The lowest BCUT2D eigenvalue weighted by Gasteiger charge is -2.15. The van der Waals surface area contributed by atoms with Crippen LogP contribution in [0.5, 0.6) is 0 Å². The summed E-state index contributed by atoms with van der Waals surface area (Å²) in [6.45, 7) is 1.70. The molecule has 1 unspecified atom stereocenters. The maximum Gasteiger partial charge on any atom is 0.251 e. The Morgan fingerprint density at radius 3 is 2.69 bits per heavy atom. The first-order valence-electron chi connectivity index (χ1n) is 8.65. The Labute approximate surface area is 153 Å². The Morgan fingerprint density at radius 1 is 1.23 bits per heavy atom. The fourth-order valence-corrected chi connectivity index (χ4v) is 4.32. The molecule has 3 rings (SSSR count). The summed E-state index contributed by atoms with van der Waals surface area (Å²) in [5.74, 6) is -0.238. The predicted octanol–water partition coefficient (Wildman–Crippen LogP) is 2.19. The highest BCUT2D eigenvalue weighted by atomic mass is 32.2. The molecule has 1 aromatic carbocycles. The summed E-state index contributed by atoms with van der Waals surface area (Å²) in [4.78, 5) is 20.3. The fourth-order valence-electron chi connectivity index (χ4n) is 3.06. The van der Waals surface area contributed by atoms with Crippen molar-refractivity contribution in [2.45, 2.75) is 49.6 Å². The molecule has 7 nitrogen and oxygen atoms in total. The van der Waals surface area contributed by atoms with Crippen LogP contribution in [0.25, 0.3) is 0 Å². The number of carbonyl (C=O) groups excluding carboxylic acids is 1. The van der Waals surface area contributed by atoms with Crippen molar-refractivity contribution in [3.63, 3.8) is 0 Å². The molecule has 0 saturated heterocycles. The third-order valence-electron chi connectivity index (χ3n) is 4.48. The van der Waals surface area contributed by atoms with E-state index in [0.29, 0.717) is 11.3 Å². The second-order valence-electron chi connectivity index (χ2n) is 6.46. The van der Waals surface area contributed by atoms with Gasteiger partial charge in [-0.25, -0.2) is 23.1 Å². The van der Waals surface area contributed by atoms with Crippen LogP contribution in [0.15, 0.2) is 47.8 Å². The molecule has 1 saturated carbocycles. The highest BCUT2D eigenvalue weighted by Gasteiger charge is 2.22. The highest BCUT2D eigenvalue weighted by molar-refractivity contribution is 7.89. The number of aromatic nitrogens is 2. The van der Waals surface area contributed by atoms with Crippen LogP contribution in [0.4, 0.5) is 0 Å². The van der Waals surface area contributed by atoms with E-state index in [1.807, 2.05) is 0 Å². The van der Waals surface area contributed by atoms with Gasteiger partial charge in [-0.05, 0) is 44.0 Å². The summed E-state index contributed by atoms with van der Waals surface area (Å²) in [5.41, 5.74) is 0.910. The van der Waals surface area contributed by atoms with Crippen molar-refractivity contribution in [2.75, 3.05) is 0 Å². The van der Waals surface area contributed by atoms with E-state index < -0.39 is 16.1 Å². The minimum Gasteiger partial charge on any atom is -0.349 e. The lowest BCUT2D eigenvalue weighted by atomic mass is 10.2. The van der Waals surface area contributed by atoms with Gasteiger partial charge in [-0.3, -0.25) is 4.79 Å². The van der Waals surface area contributed by atoms with E-state index in [2.05, 4.69) is 20.0 Å². The van der Waals surface area contributed by atoms with Gasteiger partial charge in [-0.15, -0.1) is 0 Å². The Hall–Kier alpha value is -2.32. The number of hydrogen-bond acceptors (Lipinski definition) is 5. The summed E-state index contributed by atoms with van der Waals surface area (Å²) >= 11 is 0. The largest absolute Gasteiger partial charge is 0.349 e. The molecular formula is C18H22N4O3S. The fraction of sp³-hybridized carbons (Fsp3) is 0.389. The van der Waals surface area contributed by atoms with E-state index in [9.17, 15) is 13.2 Å². The molecule has 0 aliphatic heterocycles. The van der Waals surface area contributed by atoms with Crippen molar-refractivity contribution in [1.82, 2.24) is 20.0 Å². The average Bonchev–Trinajstić information content (AvgIpc) is 3.15. The Kier molecular flexibility index (Phi) is 5.63. The highest BCUT2D eigenvalue weighted by Crippen LogP contribution is 2.19. The first-order chi connectivity index (χ1) is 12.5. The third-order valence-corrected chi connectivity index (χ3v) is 6.02. The van der Waals surface area contributed by atoms with Crippen LogP contribution >= 0.6 is 0 Å². The molecule has 1 aromatic heterocycles. The number of carbonyl (C=O) groups is 1. The molecule has 0 spiro atoms. The molecule has 2 aromatic rings. The maximum atomic E-state index is 12.6. The van der Waals surface area contributed by atoms with Crippen LogP contribution in [0.1, 0.15) is 54.7 Å². The summed E-state index contributed by atoms with van der Waals surface area (Å²) in [5, 5.41) is 2.97. The molecule has 1 aliphatic rings. The van der Waals surface area contributed by atoms with Crippen molar-refractivity contribution in [2.24, 2.45) is 0 Å². The lowest BCUT2D eigenvalue weighted by Crippen LogP contribution is -2.33. The van der Waals surface area contributed by atoms with Crippen molar-refractivity contribution in [1.29, 1.82) is 0 Å². The normalized spacial score (nSPS) is 16.3. The van der Waals surface area contributed by atoms with Gasteiger partial charge in [-0.2, -0.15) is 0 Å². The number of amides is 1. The molecule has 138 valence electrons. The first kappa shape index (κ1) is 18.5. The van der Waals surface area contributed by atoms with Gasteiger partial charge in [0.2, 0.25) is 10.0 Å². The summed E-state index contributed by atoms with van der Waals surface area (Å²) in [7, 11) is -3.78. The van der Waals surface area contributed by atoms with E-state index >= 15 is 0 Å². The predicted molar refractivity (Wildman–Crippen MR) is 96.9 cm³/mol. The molecule has 1 amide bonds. The lowest BCUT2D eigenvalue weighted by molar-refractivity contribution is 0.0937. The number of nitrogens with zero attached hydrogens (tertiary/aromatic N) is 2. The van der Waals surface area contributed by atoms with Crippen LogP contribution in [-0.4, -0.2) is 30.3 Å². The Bertz CT molecular complexity index is 865. The van der Waals surface area contributed by atoms with E-state index in [4.69, 9.17) is 0 Å². The van der Waals surface area contributed by atoms with Gasteiger partial charge >= 0.3 is 0 Å². The number of benzene rings is 1. The van der Waals surface area contributed by atoms with E-state index in [1.54, 1.807) is 31.3 Å². The number of sulfonamides is 1. The minimum absolute atomic E-state index is 0.0532. The van der Waals surface area contributed by atoms with Gasteiger partial charge in [0.25, 0.3) is 5.91 Å². The Morgan fingerprint density at radius 2 is 2.00 bits per heavy atom. The van der Waals surface area contributed by atoms with Crippen molar-refractivity contribution in [3.05, 3.63) is 54.1 Å². The van der Waals surface area contributed by atoms with E-state index in [1.165, 1.54) is 18.5 Å². The zero-order valence-electron chi connectivity index (χ0n) is 14.6. The zero-order valence-corrected chi connectivity index (χ0v) is 15.4. The van der Waals surface area contributed by atoms with E-state index in [-0.39, 0.29) is 16.8 Å². The number of nitrogens with one attached hydrogen (secondary N) is 2. The van der Waals surface area contributed by atoms with Crippen LogP contribution in [0, 0.1) is 0 Å². The van der Waals surface area contributed by atoms with Gasteiger partial charge in [0.15, 0.2) is 0 Å². The maximum absolute atomic E-state index is 12.6. The van der Waals surface area contributed by atoms with Gasteiger partial charge in [-0.1, -0.05) is 18.9 Å². The number of hydrogen-bond donors (Lipinski definition) is 2. The first-order valence-corrected chi connectivity index (χ1v) is 10.1. The Balaban J connectivity index is 1.74. The summed E-state index contributed by atoms with van der Waals surface area (Å²) < 4.78 is 27.9. The van der Waals surface area contributed by atoms with E-state index in [0.717, 1.165) is 25.7 Å². The average molecular weight is 374 g/mol. The second-order valence-corrected chi connectivity index (χ2v) is 8.17. The van der Waals surface area contributed by atoms with Crippen LogP contribution in [0.3, 0.4) is 0 Å². The molecule has 1 heterocycles. The SMILES string of the molecule is CC(NS(=O)(=O)c1cccc(C(=O)NC2CCCC2)c1)c1ccncn1. The summed E-state index contributed by atoms with van der Waals surface area (Å²) in [6, 6.07) is 7.39. The van der Waals surface area contributed by atoms with Crippen LogP contribution < -0.4 is 10.0 Å². The smallest absolute Gasteiger partial charge is 0.251 e. The van der Waals surface area contributed by atoms with Crippen LogP contribution in [0.2, 0.25) is 0 Å². The molecule has 26 heavy (non-hydrogen) atoms. The topological polar surface area (TPSA) is 101 Å².